The van der Waals surface area contributed by atoms with Crippen LogP contribution in [-0.2, 0) is 13.0 Å². The molecule has 98 valence electrons. The molecule has 1 heterocycles. The first-order valence-corrected chi connectivity index (χ1v) is 6.07. The molecule has 1 aromatic heterocycles. The predicted molar refractivity (Wildman–Crippen MR) is 66.7 cm³/mol. The second-order valence-corrected chi connectivity index (χ2v) is 4.17. The number of fused-ring (bicyclic) bond motifs is 1. The van der Waals surface area contributed by atoms with Crippen molar-refractivity contribution in [2.24, 2.45) is 0 Å². The van der Waals surface area contributed by atoms with Crippen LogP contribution in [0.15, 0.2) is 18.2 Å². The van der Waals surface area contributed by atoms with E-state index in [0.29, 0.717) is 34.9 Å². The number of rotatable bonds is 5. The second kappa shape index (κ2) is 5.52. The molecule has 0 unspecified atom stereocenters. The SMILES string of the molecule is COc1cccc2c1nc(CCCl)n2CC(F)F. The minimum absolute atomic E-state index is 0.342. The van der Waals surface area contributed by atoms with Crippen molar-refractivity contribution in [3.8, 4) is 5.75 Å². The summed E-state index contributed by atoms with van der Waals surface area (Å²) in [5.41, 5.74) is 1.25. The van der Waals surface area contributed by atoms with Gasteiger partial charge in [0.1, 0.15) is 17.1 Å². The maximum absolute atomic E-state index is 12.6. The van der Waals surface area contributed by atoms with Gasteiger partial charge in [0.05, 0.1) is 19.2 Å². The fourth-order valence-corrected chi connectivity index (χ4v) is 2.12. The predicted octanol–water partition coefficient (Wildman–Crippen LogP) is 3.09. The molecule has 0 aliphatic rings. The van der Waals surface area contributed by atoms with Crippen LogP contribution in [0.2, 0.25) is 0 Å². The van der Waals surface area contributed by atoms with Crippen molar-refractivity contribution < 1.29 is 13.5 Å². The zero-order chi connectivity index (χ0) is 13.1. The average molecular weight is 275 g/mol. The first-order valence-electron chi connectivity index (χ1n) is 5.53. The summed E-state index contributed by atoms with van der Waals surface area (Å²) in [7, 11) is 1.53. The van der Waals surface area contributed by atoms with Gasteiger partial charge in [-0.1, -0.05) is 6.07 Å². The molecule has 0 saturated heterocycles. The molecule has 0 N–H and O–H groups in total. The molecule has 0 amide bonds. The third kappa shape index (κ3) is 2.41. The Labute approximate surface area is 108 Å². The van der Waals surface area contributed by atoms with Gasteiger partial charge in [0.15, 0.2) is 0 Å². The van der Waals surface area contributed by atoms with Crippen molar-refractivity contribution >= 4 is 22.6 Å². The lowest BCUT2D eigenvalue weighted by atomic mass is 10.3. The zero-order valence-electron chi connectivity index (χ0n) is 9.87. The summed E-state index contributed by atoms with van der Waals surface area (Å²) in [6.07, 6.45) is -1.98. The van der Waals surface area contributed by atoms with Crippen molar-refractivity contribution in [3.05, 3.63) is 24.0 Å². The van der Waals surface area contributed by atoms with E-state index in [1.807, 2.05) is 0 Å². The number of aryl methyl sites for hydroxylation is 1. The summed E-state index contributed by atoms with van der Waals surface area (Å²) in [5, 5.41) is 0. The lowest BCUT2D eigenvalue weighted by Crippen LogP contribution is -2.10. The summed E-state index contributed by atoms with van der Waals surface area (Å²) >= 11 is 5.67. The van der Waals surface area contributed by atoms with E-state index < -0.39 is 6.43 Å². The van der Waals surface area contributed by atoms with Crippen LogP contribution in [0.3, 0.4) is 0 Å². The molecule has 2 aromatic rings. The molecular formula is C12H13ClF2N2O. The van der Waals surface area contributed by atoms with Gasteiger partial charge >= 0.3 is 0 Å². The van der Waals surface area contributed by atoms with E-state index in [2.05, 4.69) is 4.98 Å². The highest BCUT2D eigenvalue weighted by molar-refractivity contribution is 6.17. The molecule has 1 aromatic carbocycles. The first-order chi connectivity index (χ1) is 8.67. The Morgan fingerprint density at radius 3 is 2.83 bits per heavy atom. The average Bonchev–Trinajstić information content (AvgIpc) is 2.67. The minimum atomic E-state index is -2.43. The number of halogens is 3. The molecule has 0 radical (unpaired) electrons. The number of aromatic nitrogens is 2. The molecule has 0 fully saturated rings. The fourth-order valence-electron chi connectivity index (χ4n) is 1.95. The Kier molecular flexibility index (Phi) is 4.01. The van der Waals surface area contributed by atoms with Gasteiger partial charge in [-0.05, 0) is 12.1 Å². The lowest BCUT2D eigenvalue weighted by Gasteiger charge is -2.07. The van der Waals surface area contributed by atoms with E-state index in [4.69, 9.17) is 16.3 Å². The molecule has 0 saturated carbocycles. The molecule has 2 rings (SSSR count). The van der Waals surface area contributed by atoms with Crippen molar-refractivity contribution in [3.63, 3.8) is 0 Å². The Balaban J connectivity index is 2.59. The third-order valence-electron chi connectivity index (χ3n) is 2.68. The smallest absolute Gasteiger partial charge is 0.256 e. The maximum Gasteiger partial charge on any atom is 0.256 e. The topological polar surface area (TPSA) is 27.1 Å². The van der Waals surface area contributed by atoms with E-state index in [9.17, 15) is 8.78 Å². The highest BCUT2D eigenvalue weighted by Gasteiger charge is 2.16. The molecule has 0 aliphatic heterocycles. The van der Waals surface area contributed by atoms with E-state index in [0.717, 1.165) is 0 Å². The van der Waals surface area contributed by atoms with Gasteiger partial charge in [-0.2, -0.15) is 0 Å². The van der Waals surface area contributed by atoms with Gasteiger partial charge in [0.25, 0.3) is 6.43 Å². The molecule has 18 heavy (non-hydrogen) atoms. The lowest BCUT2D eigenvalue weighted by molar-refractivity contribution is 0.127. The van der Waals surface area contributed by atoms with Crippen LogP contribution in [0.4, 0.5) is 8.78 Å². The number of alkyl halides is 3. The van der Waals surface area contributed by atoms with Crippen LogP contribution in [0.5, 0.6) is 5.75 Å². The molecule has 0 atom stereocenters. The van der Waals surface area contributed by atoms with Crippen LogP contribution >= 0.6 is 11.6 Å². The number of hydrogen-bond acceptors (Lipinski definition) is 2. The zero-order valence-corrected chi connectivity index (χ0v) is 10.6. The van der Waals surface area contributed by atoms with Crippen LogP contribution in [0, 0.1) is 0 Å². The van der Waals surface area contributed by atoms with Crippen molar-refractivity contribution in [2.75, 3.05) is 13.0 Å². The molecule has 3 nitrogen and oxygen atoms in total. The third-order valence-corrected chi connectivity index (χ3v) is 2.87. The quantitative estimate of drug-likeness (QED) is 0.784. The van der Waals surface area contributed by atoms with Crippen molar-refractivity contribution in [1.82, 2.24) is 9.55 Å². The van der Waals surface area contributed by atoms with Crippen LogP contribution in [0.1, 0.15) is 5.82 Å². The molecular weight excluding hydrogens is 262 g/mol. The Morgan fingerprint density at radius 2 is 2.22 bits per heavy atom. The van der Waals surface area contributed by atoms with E-state index in [1.54, 1.807) is 18.2 Å². The van der Waals surface area contributed by atoms with Gasteiger partial charge in [0, 0.05) is 12.3 Å². The monoisotopic (exact) mass is 274 g/mol. The number of imidazole rings is 1. The summed E-state index contributed by atoms with van der Waals surface area (Å²) < 4.78 is 31.9. The van der Waals surface area contributed by atoms with Gasteiger partial charge < -0.3 is 9.30 Å². The van der Waals surface area contributed by atoms with Crippen LogP contribution < -0.4 is 4.74 Å². The van der Waals surface area contributed by atoms with Gasteiger partial charge in [-0.25, -0.2) is 13.8 Å². The molecule has 0 spiro atoms. The van der Waals surface area contributed by atoms with E-state index in [1.165, 1.54) is 11.7 Å². The van der Waals surface area contributed by atoms with Gasteiger partial charge in [-0.15, -0.1) is 11.6 Å². The molecule has 6 heteroatoms. The number of hydrogen-bond donors (Lipinski definition) is 0. The van der Waals surface area contributed by atoms with Gasteiger partial charge in [0.2, 0.25) is 0 Å². The fraction of sp³-hybridized carbons (Fsp3) is 0.417. The standard InChI is InChI=1S/C12H13ClF2N2O/c1-18-9-4-2-3-8-12(9)16-11(5-6-13)17(8)7-10(14)15/h2-4,10H,5-7H2,1H3. The number of methoxy groups -OCH3 is 1. The summed E-state index contributed by atoms with van der Waals surface area (Å²) in [5.74, 6) is 1.48. The number of ether oxygens (including phenoxy) is 1. The van der Waals surface area contributed by atoms with Gasteiger partial charge in [-0.3, -0.25) is 0 Å². The summed E-state index contributed by atoms with van der Waals surface area (Å²) in [6.45, 7) is -0.379. The van der Waals surface area contributed by atoms with E-state index >= 15 is 0 Å². The van der Waals surface area contributed by atoms with Crippen molar-refractivity contribution in [1.29, 1.82) is 0 Å². The minimum Gasteiger partial charge on any atom is -0.494 e. The molecule has 0 aliphatic carbocycles. The Hall–Kier alpha value is -1.36. The Morgan fingerprint density at radius 1 is 1.44 bits per heavy atom. The largest absolute Gasteiger partial charge is 0.494 e. The van der Waals surface area contributed by atoms with Crippen molar-refractivity contribution in [2.45, 2.75) is 19.4 Å². The summed E-state index contributed by atoms with van der Waals surface area (Å²) in [4.78, 5) is 4.35. The normalized spacial score (nSPS) is 11.4. The second-order valence-electron chi connectivity index (χ2n) is 3.80. The molecule has 0 bridgehead atoms. The number of para-hydroxylation sites is 1. The maximum atomic E-state index is 12.6. The van der Waals surface area contributed by atoms with Crippen LogP contribution in [-0.4, -0.2) is 29.0 Å². The van der Waals surface area contributed by atoms with E-state index in [-0.39, 0.29) is 6.54 Å². The Bertz CT molecular complexity index is 542. The van der Waals surface area contributed by atoms with Crippen LogP contribution in [0.25, 0.3) is 11.0 Å². The highest BCUT2D eigenvalue weighted by atomic mass is 35.5. The highest BCUT2D eigenvalue weighted by Crippen LogP contribution is 2.26. The summed E-state index contributed by atoms with van der Waals surface area (Å²) in [6, 6.07) is 5.27. The first kappa shape index (κ1) is 13.1. The number of nitrogens with zero attached hydrogens (tertiary/aromatic N) is 2. The number of benzene rings is 1.